The van der Waals surface area contributed by atoms with Crippen molar-refractivity contribution < 1.29 is 23.4 Å². The van der Waals surface area contributed by atoms with Gasteiger partial charge in [0, 0.05) is 23.2 Å². The van der Waals surface area contributed by atoms with E-state index in [1.54, 1.807) is 24.3 Å². The van der Waals surface area contributed by atoms with Gasteiger partial charge in [-0.15, -0.1) is 0 Å². The Morgan fingerprint density at radius 2 is 1.89 bits per heavy atom. The van der Waals surface area contributed by atoms with E-state index in [0.29, 0.717) is 49.3 Å². The summed E-state index contributed by atoms with van der Waals surface area (Å²) in [5.41, 5.74) is 0.625. The number of nitrogens with zero attached hydrogens (tertiary/aromatic N) is 1. The van der Waals surface area contributed by atoms with Crippen molar-refractivity contribution in [2.24, 2.45) is 0 Å². The summed E-state index contributed by atoms with van der Waals surface area (Å²) in [5, 5.41) is 2.86. The number of carbonyl (C=O) groups is 1. The molecule has 1 heterocycles. The van der Waals surface area contributed by atoms with E-state index >= 15 is 0 Å². The molecule has 0 saturated carbocycles. The summed E-state index contributed by atoms with van der Waals surface area (Å²) in [5.74, 6) is 1.40. The standard InChI is InChI=1S/C19H20BrFN2O4/c1-23(6-7-25-14-4-2-13(21)3-5-14)12-19(24)22-16-11-18-17(10-15(16)20)26-8-9-27-18/h2-5,10-11H,6-9,12H2,1H3,(H,22,24). The van der Waals surface area contributed by atoms with Crippen molar-refractivity contribution in [1.82, 2.24) is 4.90 Å². The largest absolute Gasteiger partial charge is 0.492 e. The fourth-order valence-electron chi connectivity index (χ4n) is 2.52. The lowest BCUT2D eigenvalue weighted by Gasteiger charge is -2.21. The number of fused-ring (bicyclic) bond motifs is 1. The predicted molar refractivity (Wildman–Crippen MR) is 103 cm³/mol. The first-order valence-electron chi connectivity index (χ1n) is 8.47. The van der Waals surface area contributed by atoms with Gasteiger partial charge in [-0.3, -0.25) is 9.69 Å². The molecule has 6 nitrogen and oxygen atoms in total. The minimum Gasteiger partial charge on any atom is -0.492 e. The Kier molecular flexibility index (Phi) is 6.52. The maximum atomic E-state index is 12.9. The van der Waals surface area contributed by atoms with Crippen LogP contribution >= 0.6 is 15.9 Å². The molecule has 1 amide bonds. The highest BCUT2D eigenvalue weighted by Crippen LogP contribution is 2.38. The zero-order valence-electron chi connectivity index (χ0n) is 14.8. The molecule has 2 aromatic rings. The van der Waals surface area contributed by atoms with Gasteiger partial charge in [-0.25, -0.2) is 4.39 Å². The number of ether oxygens (including phenoxy) is 3. The monoisotopic (exact) mass is 438 g/mol. The Labute approximate surface area is 165 Å². The predicted octanol–water partition coefficient (Wildman–Crippen LogP) is 3.31. The molecule has 0 bridgehead atoms. The summed E-state index contributed by atoms with van der Waals surface area (Å²) in [4.78, 5) is 14.1. The topological polar surface area (TPSA) is 60.0 Å². The third-order valence-electron chi connectivity index (χ3n) is 3.87. The Balaban J connectivity index is 1.46. The van der Waals surface area contributed by atoms with Crippen LogP contribution in [0.5, 0.6) is 17.2 Å². The molecule has 144 valence electrons. The summed E-state index contributed by atoms with van der Waals surface area (Å²) < 4.78 is 30.2. The van der Waals surface area contributed by atoms with Crippen LogP contribution in [0, 0.1) is 5.82 Å². The molecule has 0 atom stereocenters. The van der Waals surface area contributed by atoms with E-state index in [-0.39, 0.29) is 18.3 Å². The maximum Gasteiger partial charge on any atom is 0.238 e. The second-order valence-corrected chi connectivity index (χ2v) is 6.92. The Morgan fingerprint density at radius 1 is 1.22 bits per heavy atom. The average Bonchev–Trinajstić information content (AvgIpc) is 2.64. The minimum absolute atomic E-state index is 0.156. The van der Waals surface area contributed by atoms with Gasteiger partial charge in [-0.1, -0.05) is 0 Å². The van der Waals surface area contributed by atoms with Gasteiger partial charge in [0.15, 0.2) is 11.5 Å². The lowest BCUT2D eigenvalue weighted by atomic mass is 10.2. The number of carbonyl (C=O) groups excluding carboxylic acids is 1. The Hall–Kier alpha value is -2.32. The van der Waals surface area contributed by atoms with Crippen LogP contribution in [0.25, 0.3) is 0 Å². The Bertz CT molecular complexity index is 801. The first-order chi connectivity index (χ1) is 13.0. The second-order valence-electron chi connectivity index (χ2n) is 6.06. The zero-order valence-corrected chi connectivity index (χ0v) is 16.4. The summed E-state index contributed by atoms with van der Waals surface area (Å²) in [6.45, 7) is 2.14. The van der Waals surface area contributed by atoms with Gasteiger partial charge in [-0.2, -0.15) is 0 Å². The molecule has 1 N–H and O–H groups in total. The number of halogens is 2. The van der Waals surface area contributed by atoms with E-state index in [4.69, 9.17) is 14.2 Å². The number of nitrogens with one attached hydrogen (secondary N) is 1. The quantitative estimate of drug-likeness (QED) is 0.718. The van der Waals surface area contributed by atoms with Crippen LogP contribution in [-0.2, 0) is 4.79 Å². The van der Waals surface area contributed by atoms with Crippen molar-refractivity contribution in [2.45, 2.75) is 0 Å². The highest BCUT2D eigenvalue weighted by Gasteiger charge is 2.16. The summed E-state index contributed by atoms with van der Waals surface area (Å²) in [6, 6.07) is 9.36. The van der Waals surface area contributed by atoms with Crippen molar-refractivity contribution in [3.63, 3.8) is 0 Å². The van der Waals surface area contributed by atoms with Crippen molar-refractivity contribution in [2.75, 3.05) is 45.3 Å². The molecule has 8 heteroatoms. The molecule has 1 aliphatic heterocycles. The third kappa shape index (κ3) is 5.58. The van der Waals surface area contributed by atoms with E-state index in [2.05, 4.69) is 21.2 Å². The number of benzene rings is 2. The molecule has 0 unspecified atom stereocenters. The fraction of sp³-hybridized carbons (Fsp3) is 0.316. The van der Waals surface area contributed by atoms with E-state index in [1.165, 1.54) is 12.1 Å². The van der Waals surface area contributed by atoms with Gasteiger partial charge in [0.05, 0.1) is 12.2 Å². The molecule has 1 aliphatic rings. The van der Waals surface area contributed by atoms with Gasteiger partial charge >= 0.3 is 0 Å². The molecule has 0 saturated heterocycles. The van der Waals surface area contributed by atoms with E-state index < -0.39 is 0 Å². The highest BCUT2D eigenvalue weighted by molar-refractivity contribution is 9.10. The molecular weight excluding hydrogens is 419 g/mol. The zero-order chi connectivity index (χ0) is 19.2. The molecule has 0 fully saturated rings. The van der Waals surface area contributed by atoms with Gasteiger partial charge in [-0.05, 0) is 47.2 Å². The van der Waals surface area contributed by atoms with Crippen molar-refractivity contribution >= 4 is 27.5 Å². The SMILES string of the molecule is CN(CCOc1ccc(F)cc1)CC(=O)Nc1cc2c(cc1Br)OCCO2. The van der Waals surface area contributed by atoms with Crippen LogP contribution in [0.15, 0.2) is 40.9 Å². The number of likely N-dealkylation sites (N-methyl/N-ethyl adjacent to an activating group) is 1. The van der Waals surface area contributed by atoms with Gasteiger partial charge < -0.3 is 19.5 Å². The van der Waals surface area contributed by atoms with Crippen molar-refractivity contribution in [3.05, 3.63) is 46.7 Å². The average molecular weight is 439 g/mol. The van der Waals surface area contributed by atoms with E-state index in [0.717, 1.165) is 4.47 Å². The van der Waals surface area contributed by atoms with Crippen LogP contribution < -0.4 is 19.5 Å². The van der Waals surface area contributed by atoms with E-state index in [1.807, 2.05) is 11.9 Å². The van der Waals surface area contributed by atoms with E-state index in [9.17, 15) is 9.18 Å². The van der Waals surface area contributed by atoms with Crippen molar-refractivity contribution in [1.29, 1.82) is 0 Å². The molecular formula is C19H20BrFN2O4. The first-order valence-corrected chi connectivity index (χ1v) is 9.26. The lowest BCUT2D eigenvalue weighted by Crippen LogP contribution is -2.33. The molecule has 0 aliphatic carbocycles. The minimum atomic E-state index is -0.304. The number of hydrogen-bond acceptors (Lipinski definition) is 5. The van der Waals surface area contributed by atoms with Gasteiger partial charge in [0.25, 0.3) is 0 Å². The Morgan fingerprint density at radius 3 is 2.59 bits per heavy atom. The summed E-state index contributed by atoms with van der Waals surface area (Å²) >= 11 is 3.43. The van der Waals surface area contributed by atoms with Crippen LogP contribution in [-0.4, -0.2) is 50.8 Å². The molecule has 0 aromatic heterocycles. The number of anilines is 1. The highest BCUT2D eigenvalue weighted by atomic mass is 79.9. The molecule has 0 spiro atoms. The number of amides is 1. The molecule has 27 heavy (non-hydrogen) atoms. The molecule has 2 aromatic carbocycles. The van der Waals surface area contributed by atoms with Crippen molar-refractivity contribution in [3.8, 4) is 17.2 Å². The third-order valence-corrected chi connectivity index (χ3v) is 4.53. The van der Waals surface area contributed by atoms with Crippen LogP contribution in [0.3, 0.4) is 0 Å². The second kappa shape index (κ2) is 9.05. The van der Waals surface area contributed by atoms with Crippen LogP contribution in [0.1, 0.15) is 0 Å². The maximum absolute atomic E-state index is 12.9. The lowest BCUT2D eigenvalue weighted by molar-refractivity contribution is -0.117. The fourth-order valence-corrected chi connectivity index (χ4v) is 2.95. The van der Waals surface area contributed by atoms with Gasteiger partial charge in [0.2, 0.25) is 5.91 Å². The molecule has 3 rings (SSSR count). The molecule has 0 radical (unpaired) electrons. The smallest absolute Gasteiger partial charge is 0.238 e. The van der Waals surface area contributed by atoms with Gasteiger partial charge in [0.1, 0.15) is 31.4 Å². The number of hydrogen-bond donors (Lipinski definition) is 1. The normalized spacial score (nSPS) is 12.7. The number of rotatable bonds is 7. The van der Waals surface area contributed by atoms with Crippen LogP contribution in [0.4, 0.5) is 10.1 Å². The first kappa shape index (κ1) is 19.4. The summed E-state index contributed by atoms with van der Waals surface area (Å²) in [6.07, 6.45) is 0. The van der Waals surface area contributed by atoms with Crippen LogP contribution in [0.2, 0.25) is 0 Å². The summed E-state index contributed by atoms with van der Waals surface area (Å²) in [7, 11) is 1.83.